The Bertz CT molecular complexity index is 1300. The fourth-order valence-electron chi connectivity index (χ4n) is 6.62. The van der Waals surface area contributed by atoms with Crippen molar-refractivity contribution < 1.29 is 14.0 Å². The Morgan fingerprint density at radius 2 is 1.51 bits per heavy atom. The zero-order chi connectivity index (χ0) is 25.4. The lowest BCUT2D eigenvalue weighted by atomic mass is 9.95. The molecule has 0 aromatic heterocycles. The Kier molecular flexibility index (Phi) is 6.68. The molecule has 6 heteroatoms. The Balaban J connectivity index is 1.12. The van der Waals surface area contributed by atoms with E-state index in [0.29, 0.717) is 23.2 Å². The van der Waals surface area contributed by atoms with Gasteiger partial charge in [-0.3, -0.25) is 14.5 Å². The molecule has 0 spiro atoms. The number of hydrogen-bond acceptors (Lipinski definition) is 3. The number of carbonyl (C=O) groups excluding carboxylic acids is 2. The molecule has 0 saturated carbocycles. The van der Waals surface area contributed by atoms with E-state index in [1.54, 1.807) is 18.2 Å². The topological polar surface area (TPSA) is 52.7 Å². The average Bonchev–Trinajstić information content (AvgIpc) is 3.15. The van der Waals surface area contributed by atoms with Gasteiger partial charge in [-0.15, -0.1) is 0 Å². The molecule has 37 heavy (non-hydrogen) atoms. The summed E-state index contributed by atoms with van der Waals surface area (Å²) in [5.74, 6) is -0.375. The van der Waals surface area contributed by atoms with Crippen LogP contribution in [0.15, 0.2) is 60.7 Å². The van der Waals surface area contributed by atoms with Gasteiger partial charge in [0.15, 0.2) is 0 Å². The van der Waals surface area contributed by atoms with Crippen LogP contribution < -0.4 is 5.32 Å². The van der Waals surface area contributed by atoms with Gasteiger partial charge < -0.3 is 10.2 Å². The SMILES string of the molecule is O=C(NC1C[C@H]2CC[C@@H](C1)N2Cc1ccc2cc(F)ccc2c1)c1ccccc1C(=O)N1CCCCC1. The van der Waals surface area contributed by atoms with Gasteiger partial charge in [0.1, 0.15) is 5.82 Å². The van der Waals surface area contributed by atoms with Crippen LogP contribution in [0.25, 0.3) is 10.8 Å². The van der Waals surface area contributed by atoms with Crippen LogP contribution in [0.1, 0.15) is 71.2 Å². The summed E-state index contributed by atoms with van der Waals surface area (Å²) in [7, 11) is 0. The van der Waals surface area contributed by atoms with Gasteiger partial charge in [-0.25, -0.2) is 4.39 Å². The van der Waals surface area contributed by atoms with Gasteiger partial charge in [0, 0.05) is 37.8 Å². The molecule has 192 valence electrons. The summed E-state index contributed by atoms with van der Waals surface area (Å²) in [6, 6.07) is 19.4. The van der Waals surface area contributed by atoms with E-state index in [1.165, 1.54) is 11.6 Å². The second kappa shape index (κ2) is 10.3. The highest BCUT2D eigenvalue weighted by molar-refractivity contribution is 6.07. The van der Waals surface area contributed by atoms with Crippen LogP contribution in [0.5, 0.6) is 0 Å². The summed E-state index contributed by atoms with van der Waals surface area (Å²) in [5.41, 5.74) is 2.24. The molecule has 3 heterocycles. The number of rotatable bonds is 5. The van der Waals surface area contributed by atoms with Crippen LogP contribution in [-0.2, 0) is 6.54 Å². The molecular formula is C31H34FN3O2. The largest absolute Gasteiger partial charge is 0.349 e. The number of halogens is 1. The predicted molar refractivity (Wildman–Crippen MR) is 143 cm³/mol. The van der Waals surface area contributed by atoms with Gasteiger partial charge in [0.05, 0.1) is 11.1 Å². The van der Waals surface area contributed by atoms with E-state index in [0.717, 1.165) is 75.4 Å². The maximum absolute atomic E-state index is 13.5. The second-order valence-electron chi connectivity index (χ2n) is 10.9. The number of likely N-dealkylation sites (tertiary alicyclic amines) is 1. The second-order valence-corrected chi connectivity index (χ2v) is 10.9. The fourth-order valence-corrected chi connectivity index (χ4v) is 6.62. The van der Waals surface area contributed by atoms with Crippen LogP contribution in [0.3, 0.4) is 0 Å². The van der Waals surface area contributed by atoms with Gasteiger partial charge in [-0.05, 0) is 91.6 Å². The third kappa shape index (κ3) is 4.99. The molecule has 3 aromatic rings. The van der Waals surface area contributed by atoms with E-state index >= 15 is 0 Å². The van der Waals surface area contributed by atoms with E-state index in [1.807, 2.05) is 29.2 Å². The summed E-state index contributed by atoms with van der Waals surface area (Å²) in [4.78, 5) is 31.0. The van der Waals surface area contributed by atoms with Crippen LogP contribution in [0.2, 0.25) is 0 Å². The number of carbonyl (C=O) groups is 2. The number of nitrogens with one attached hydrogen (secondary N) is 1. The Labute approximate surface area is 217 Å². The van der Waals surface area contributed by atoms with Crippen LogP contribution in [0, 0.1) is 5.82 Å². The first-order valence-electron chi connectivity index (χ1n) is 13.7. The van der Waals surface area contributed by atoms with E-state index in [2.05, 4.69) is 22.3 Å². The molecule has 1 unspecified atom stereocenters. The minimum atomic E-state index is -0.208. The number of amides is 2. The van der Waals surface area contributed by atoms with Crippen molar-refractivity contribution >= 4 is 22.6 Å². The summed E-state index contributed by atoms with van der Waals surface area (Å²) in [6.07, 6.45) is 7.33. The molecule has 5 nitrogen and oxygen atoms in total. The molecule has 3 atom stereocenters. The molecule has 1 N–H and O–H groups in total. The molecule has 2 bridgehead atoms. The van der Waals surface area contributed by atoms with E-state index in [-0.39, 0.29) is 23.7 Å². The van der Waals surface area contributed by atoms with Gasteiger partial charge in [-0.1, -0.05) is 30.3 Å². The number of piperidine rings is 2. The van der Waals surface area contributed by atoms with Crippen molar-refractivity contribution in [1.82, 2.24) is 15.1 Å². The zero-order valence-corrected chi connectivity index (χ0v) is 21.2. The van der Waals surface area contributed by atoms with Crippen molar-refractivity contribution in [3.05, 3.63) is 83.2 Å². The third-order valence-corrected chi connectivity index (χ3v) is 8.50. The maximum atomic E-state index is 13.5. The van der Waals surface area contributed by atoms with Crippen molar-refractivity contribution in [1.29, 1.82) is 0 Å². The van der Waals surface area contributed by atoms with Gasteiger partial charge in [0.25, 0.3) is 11.8 Å². The smallest absolute Gasteiger partial charge is 0.254 e. The molecular weight excluding hydrogens is 465 g/mol. The Morgan fingerprint density at radius 1 is 0.838 bits per heavy atom. The van der Waals surface area contributed by atoms with Crippen LogP contribution in [-0.4, -0.2) is 52.8 Å². The van der Waals surface area contributed by atoms with Crippen molar-refractivity contribution in [2.24, 2.45) is 0 Å². The lowest BCUT2D eigenvalue weighted by Gasteiger charge is -2.39. The van der Waals surface area contributed by atoms with E-state index in [4.69, 9.17) is 0 Å². The highest BCUT2D eigenvalue weighted by Gasteiger charge is 2.41. The average molecular weight is 500 g/mol. The number of fused-ring (bicyclic) bond motifs is 3. The minimum Gasteiger partial charge on any atom is -0.349 e. The standard InChI is InChI=1S/C31H34FN3O2/c32-24-11-10-22-16-21(8-9-23(22)17-24)20-35-26-12-13-27(35)19-25(18-26)33-30(36)28-6-2-3-7-29(28)31(37)34-14-4-1-5-15-34/h2-3,6-11,16-17,25-27H,1,4-5,12-15,18-20H2,(H,33,36)/t25?,26-,27+. The molecule has 3 aliphatic rings. The summed E-state index contributed by atoms with van der Waals surface area (Å²) >= 11 is 0. The minimum absolute atomic E-state index is 0.0292. The Hall–Kier alpha value is -3.25. The van der Waals surface area contributed by atoms with Gasteiger partial charge >= 0.3 is 0 Å². The van der Waals surface area contributed by atoms with E-state index in [9.17, 15) is 14.0 Å². The predicted octanol–water partition coefficient (Wildman–Crippen LogP) is 5.53. The summed E-state index contributed by atoms with van der Waals surface area (Å²) in [5, 5.41) is 5.26. The number of benzene rings is 3. The molecule has 6 rings (SSSR count). The Morgan fingerprint density at radius 3 is 2.27 bits per heavy atom. The first-order valence-corrected chi connectivity index (χ1v) is 13.7. The first-order chi connectivity index (χ1) is 18.0. The lowest BCUT2D eigenvalue weighted by Crippen LogP contribution is -2.50. The lowest BCUT2D eigenvalue weighted by molar-refractivity contribution is 0.0713. The highest BCUT2D eigenvalue weighted by atomic mass is 19.1. The first kappa shape index (κ1) is 24.1. The molecule has 2 amide bonds. The number of hydrogen-bond donors (Lipinski definition) is 1. The summed E-state index contributed by atoms with van der Waals surface area (Å²) in [6.45, 7) is 2.41. The molecule has 3 saturated heterocycles. The molecule has 0 aliphatic carbocycles. The normalized spacial score (nSPS) is 23.8. The van der Waals surface area contributed by atoms with Gasteiger partial charge in [-0.2, -0.15) is 0 Å². The molecule has 0 radical (unpaired) electrons. The quantitative estimate of drug-likeness (QED) is 0.502. The van der Waals surface area contributed by atoms with Crippen molar-refractivity contribution in [2.75, 3.05) is 13.1 Å². The highest BCUT2D eigenvalue weighted by Crippen LogP contribution is 2.37. The van der Waals surface area contributed by atoms with Crippen molar-refractivity contribution in [3.63, 3.8) is 0 Å². The third-order valence-electron chi connectivity index (χ3n) is 8.50. The van der Waals surface area contributed by atoms with Crippen molar-refractivity contribution in [2.45, 2.75) is 69.6 Å². The van der Waals surface area contributed by atoms with E-state index < -0.39 is 0 Å². The fraction of sp³-hybridized carbons (Fsp3) is 0.419. The van der Waals surface area contributed by atoms with Crippen LogP contribution >= 0.6 is 0 Å². The van der Waals surface area contributed by atoms with Gasteiger partial charge in [0.2, 0.25) is 0 Å². The molecule has 3 fully saturated rings. The van der Waals surface area contributed by atoms with Crippen molar-refractivity contribution in [3.8, 4) is 0 Å². The summed E-state index contributed by atoms with van der Waals surface area (Å²) < 4.78 is 13.5. The number of nitrogens with zero attached hydrogens (tertiary/aromatic N) is 2. The monoisotopic (exact) mass is 499 g/mol. The molecule has 3 aromatic carbocycles. The zero-order valence-electron chi connectivity index (χ0n) is 21.2. The molecule has 3 aliphatic heterocycles. The maximum Gasteiger partial charge on any atom is 0.254 e. The van der Waals surface area contributed by atoms with Crippen LogP contribution in [0.4, 0.5) is 4.39 Å².